The molecule has 0 aliphatic carbocycles. The predicted octanol–water partition coefficient (Wildman–Crippen LogP) is 6.29. The second-order valence-electron chi connectivity index (χ2n) is 6.25. The first kappa shape index (κ1) is 18.3. The van der Waals surface area contributed by atoms with Crippen molar-refractivity contribution in [2.45, 2.75) is 27.0 Å². The van der Waals surface area contributed by atoms with Crippen LogP contribution in [0.25, 0.3) is 0 Å². The molecule has 0 bridgehead atoms. The molecule has 4 heteroatoms. The van der Waals surface area contributed by atoms with E-state index in [0.717, 1.165) is 11.3 Å². The van der Waals surface area contributed by atoms with Crippen molar-refractivity contribution < 1.29 is 9.13 Å². The molecule has 0 amide bonds. The van der Waals surface area contributed by atoms with E-state index in [4.69, 9.17) is 16.3 Å². The molecule has 0 radical (unpaired) electrons. The van der Waals surface area contributed by atoms with Gasteiger partial charge in [-0.3, -0.25) is 0 Å². The Balaban J connectivity index is 1.64. The summed E-state index contributed by atoms with van der Waals surface area (Å²) >= 11 is 6.33. The van der Waals surface area contributed by atoms with Gasteiger partial charge in [-0.2, -0.15) is 0 Å². The topological polar surface area (TPSA) is 21.3 Å². The molecule has 0 atom stereocenters. The summed E-state index contributed by atoms with van der Waals surface area (Å²) in [6.07, 6.45) is 0. The summed E-state index contributed by atoms with van der Waals surface area (Å²) in [5.74, 6) is 0.267. The fraction of sp³-hybridized carbons (Fsp3) is 0.182. The van der Waals surface area contributed by atoms with E-state index >= 15 is 0 Å². The number of nitrogens with one attached hydrogen (secondary N) is 1. The van der Waals surface area contributed by atoms with Gasteiger partial charge >= 0.3 is 0 Å². The van der Waals surface area contributed by atoms with Gasteiger partial charge in [0.15, 0.2) is 0 Å². The normalized spacial score (nSPS) is 10.6. The average molecular weight is 370 g/mol. The Hall–Kier alpha value is -2.52. The number of ether oxygens (including phenoxy) is 1. The van der Waals surface area contributed by atoms with Crippen molar-refractivity contribution in [3.8, 4) is 5.75 Å². The van der Waals surface area contributed by atoms with Crippen LogP contribution in [0.3, 0.4) is 0 Å². The van der Waals surface area contributed by atoms with E-state index < -0.39 is 0 Å². The van der Waals surface area contributed by atoms with Crippen molar-refractivity contribution in [1.29, 1.82) is 0 Å². The molecular formula is C22H21ClFNO. The Kier molecular flexibility index (Phi) is 5.79. The van der Waals surface area contributed by atoms with E-state index in [1.165, 1.54) is 17.2 Å². The lowest BCUT2D eigenvalue weighted by atomic mass is 10.1. The zero-order chi connectivity index (χ0) is 18.5. The van der Waals surface area contributed by atoms with Crippen LogP contribution in [0.2, 0.25) is 5.02 Å². The van der Waals surface area contributed by atoms with Gasteiger partial charge in [-0.05, 0) is 54.8 Å². The summed E-state index contributed by atoms with van der Waals surface area (Å²) < 4.78 is 19.3. The Bertz CT molecular complexity index is 910. The first-order chi connectivity index (χ1) is 12.5. The molecule has 0 heterocycles. The number of hydrogen-bond donors (Lipinski definition) is 1. The van der Waals surface area contributed by atoms with Gasteiger partial charge in [-0.15, -0.1) is 0 Å². The van der Waals surface area contributed by atoms with Gasteiger partial charge in [0.05, 0.1) is 5.02 Å². The molecule has 134 valence electrons. The maximum atomic E-state index is 13.7. The third kappa shape index (κ3) is 4.36. The Morgan fingerprint density at radius 1 is 1.00 bits per heavy atom. The van der Waals surface area contributed by atoms with Gasteiger partial charge in [0.25, 0.3) is 0 Å². The van der Waals surface area contributed by atoms with Gasteiger partial charge in [-0.1, -0.05) is 48.0 Å². The van der Waals surface area contributed by atoms with E-state index in [2.05, 4.69) is 31.3 Å². The van der Waals surface area contributed by atoms with Crippen LogP contribution in [0.15, 0.2) is 60.7 Å². The molecule has 0 saturated carbocycles. The number of benzene rings is 3. The first-order valence-electron chi connectivity index (χ1n) is 8.49. The fourth-order valence-corrected chi connectivity index (χ4v) is 2.94. The number of anilines is 1. The van der Waals surface area contributed by atoms with E-state index in [1.54, 1.807) is 18.2 Å². The highest BCUT2D eigenvalue weighted by Crippen LogP contribution is 2.27. The molecule has 3 aromatic rings. The minimum absolute atomic E-state index is 0.145. The minimum atomic E-state index is -0.280. The van der Waals surface area contributed by atoms with E-state index in [9.17, 15) is 4.39 Å². The van der Waals surface area contributed by atoms with E-state index in [-0.39, 0.29) is 12.4 Å². The molecule has 0 aliphatic rings. The third-order valence-electron chi connectivity index (χ3n) is 4.42. The van der Waals surface area contributed by atoms with Crippen molar-refractivity contribution in [3.63, 3.8) is 0 Å². The Labute approximate surface area is 158 Å². The van der Waals surface area contributed by atoms with Crippen molar-refractivity contribution in [3.05, 3.63) is 93.8 Å². The summed E-state index contributed by atoms with van der Waals surface area (Å²) in [5, 5.41) is 3.95. The molecule has 2 nitrogen and oxygen atoms in total. The van der Waals surface area contributed by atoms with Crippen molar-refractivity contribution in [2.24, 2.45) is 0 Å². The summed E-state index contributed by atoms with van der Waals surface area (Å²) in [7, 11) is 0. The van der Waals surface area contributed by atoms with E-state index in [0.29, 0.717) is 22.9 Å². The van der Waals surface area contributed by atoms with Gasteiger partial charge in [0, 0.05) is 17.8 Å². The lowest BCUT2D eigenvalue weighted by molar-refractivity contribution is 0.300. The van der Waals surface area contributed by atoms with Crippen molar-refractivity contribution >= 4 is 17.3 Å². The molecule has 0 unspecified atom stereocenters. The maximum Gasteiger partial charge on any atom is 0.138 e. The molecule has 26 heavy (non-hydrogen) atoms. The molecule has 1 N–H and O–H groups in total. The summed E-state index contributed by atoms with van der Waals surface area (Å²) in [6.45, 7) is 5.01. The molecule has 0 saturated heterocycles. The van der Waals surface area contributed by atoms with Crippen LogP contribution in [-0.2, 0) is 13.2 Å². The Morgan fingerprint density at radius 2 is 1.81 bits per heavy atom. The zero-order valence-electron chi connectivity index (χ0n) is 14.9. The second-order valence-corrected chi connectivity index (χ2v) is 6.65. The number of hydrogen-bond acceptors (Lipinski definition) is 2. The highest BCUT2D eigenvalue weighted by molar-refractivity contribution is 6.32. The smallest absolute Gasteiger partial charge is 0.138 e. The van der Waals surface area contributed by atoms with Crippen molar-refractivity contribution in [2.75, 3.05) is 5.32 Å². The molecule has 3 rings (SSSR count). The zero-order valence-corrected chi connectivity index (χ0v) is 15.6. The van der Waals surface area contributed by atoms with Crippen LogP contribution in [0.1, 0.15) is 22.3 Å². The minimum Gasteiger partial charge on any atom is -0.487 e. The fourth-order valence-electron chi connectivity index (χ4n) is 2.68. The van der Waals surface area contributed by atoms with Crippen LogP contribution in [-0.4, -0.2) is 0 Å². The molecule has 3 aromatic carbocycles. The van der Waals surface area contributed by atoms with Gasteiger partial charge in [-0.25, -0.2) is 4.39 Å². The largest absolute Gasteiger partial charge is 0.487 e. The monoisotopic (exact) mass is 369 g/mol. The van der Waals surface area contributed by atoms with Gasteiger partial charge in [0.2, 0.25) is 0 Å². The van der Waals surface area contributed by atoms with Crippen LogP contribution in [0.4, 0.5) is 10.1 Å². The third-order valence-corrected chi connectivity index (χ3v) is 4.72. The summed E-state index contributed by atoms with van der Waals surface area (Å²) in [6, 6.07) is 18.4. The molecule has 0 spiro atoms. The standard InChI is InChI=1S/C22H21ClFNO/c1-15-6-5-9-21(16(15)2)25-13-17-10-11-22(19(23)12-17)26-14-18-7-3-4-8-20(18)24/h3-12,25H,13-14H2,1-2H3. The molecule has 0 fully saturated rings. The molecule has 0 aliphatic heterocycles. The molecule has 0 aromatic heterocycles. The summed E-state index contributed by atoms with van der Waals surface area (Å²) in [4.78, 5) is 0. The highest BCUT2D eigenvalue weighted by atomic mass is 35.5. The summed E-state index contributed by atoms with van der Waals surface area (Å²) in [5.41, 5.74) is 5.16. The first-order valence-corrected chi connectivity index (χ1v) is 8.87. The highest BCUT2D eigenvalue weighted by Gasteiger charge is 2.07. The van der Waals surface area contributed by atoms with Gasteiger partial charge in [0.1, 0.15) is 18.2 Å². The lowest BCUT2D eigenvalue weighted by Gasteiger charge is -2.13. The number of rotatable bonds is 6. The number of aryl methyl sites for hydroxylation is 1. The average Bonchev–Trinajstić information content (AvgIpc) is 2.63. The molecular weight excluding hydrogens is 349 g/mol. The van der Waals surface area contributed by atoms with Crippen LogP contribution in [0.5, 0.6) is 5.75 Å². The van der Waals surface area contributed by atoms with E-state index in [1.807, 2.05) is 24.3 Å². The van der Waals surface area contributed by atoms with Crippen LogP contribution in [0, 0.1) is 19.7 Å². The lowest BCUT2D eigenvalue weighted by Crippen LogP contribution is -2.03. The maximum absolute atomic E-state index is 13.7. The SMILES string of the molecule is Cc1cccc(NCc2ccc(OCc3ccccc3F)c(Cl)c2)c1C. The van der Waals surface area contributed by atoms with Gasteiger partial charge < -0.3 is 10.1 Å². The second kappa shape index (κ2) is 8.24. The van der Waals surface area contributed by atoms with Crippen LogP contribution >= 0.6 is 11.6 Å². The Morgan fingerprint density at radius 3 is 2.58 bits per heavy atom. The predicted molar refractivity (Wildman–Crippen MR) is 105 cm³/mol. The van der Waals surface area contributed by atoms with Crippen LogP contribution < -0.4 is 10.1 Å². The quantitative estimate of drug-likeness (QED) is 0.551. The number of halogens is 2. The van der Waals surface area contributed by atoms with Crippen molar-refractivity contribution in [1.82, 2.24) is 0 Å².